The van der Waals surface area contributed by atoms with E-state index in [9.17, 15) is 0 Å². The molecule has 0 radical (unpaired) electrons. The van der Waals surface area contributed by atoms with Crippen LogP contribution in [0.2, 0.25) is 0 Å². The summed E-state index contributed by atoms with van der Waals surface area (Å²) in [5.41, 5.74) is 1.30. The molecule has 0 bridgehead atoms. The lowest BCUT2D eigenvalue weighted by Crippen LogP contribution is -1.77. The molecule has 0 nitrogen and oxygen atoms in total. The van der Waals surface area contributed by atoms with Gasteiger partial charge in [-0.2, -0.15) is 0 Å². The van der Waals surface area contributed by atoms with Crippen molar-refractivity contribution in [2.75, 3.05) is 0 Å². The molecule has 0 aliphatic heterocycles. The van der Waals surface area contributed by atoms with Gasteiger partial charge in [-0.05, 0) is 25.1 Å². The number of hydrogen-bond donors (Lipinski definition) is 0. The van der Waals surface area contributed by atoms with Gasteiger partial charge in [0.15, 0.2) is 0 Å². The van der Waals surface area contributed by atoms with E-state index in [0.29, 0.717) is 0 Å². The molecule has 0 saturated heterocycles. The summed E-state index contributed by atoms with van der Waals surface area (Å²) in [5, 5.41) is 0. The Morgan fingerprint density at radius 2 is 2.00 bits per heavy atom. The van der Waals surface area contributed by atoms with Gasteiger partial charge in [-0.25, -0.2) is 0 Å². The Balaban J connectivity index is 2.39. The molecule has 0 aliphatic carbocycles. The van der Waals surface area contributed by atoms with Crippen molar-refractivity contribution in [1.29, 1.82) is 0 Å². The topological polar surface area (TPSA) is 0 Å². The van der Waals surface area contributed by atoms with Crippen LogP contribution in [0.4, 0.5) is 0 Å². The molecule has 0 saturated carbocycles. The van der Waals surface area contributed by atoms with Crippen LogP contribution in [0.5, 0.6) is 0 Å². The van der Waals surface area contributed by atoms with Gasteiger partial charge < -0.3 is 0 Å². The van der Waals surface area contributed by atoms with Crippen LogP contribution in [0.3, 0.4) is 0 Å². The number of rotatable bonds is 3. The first-order chi connectivity index (χ1) is 5.43. The van der Waals surface area contributed by atoms with Crippen molar-refractivity contribution in [3.05, 3.63) is 54.5 Å². The monoisotopic (exact) mass is 145 g/mol. The van der Waals surface area contributed by atoms with Gasteiger partial charge in [-0.15, -0.1) is 0 Å². The van der Waals surface area contributed by atoms with Crippen LogP contribution in [0.25, 0.3) is 0 Å². The fraction of sp³-hybridized carbons (Fsp3) is 0.182. The summed E-state index contributed by atoms with van der Waals surface area (Å²) < 4.78 is 0. The van der Waals surface area contributed by atoms with E-state index in [2.05, 4.69) is 42.8 Å². The molecule has 0 spiro atoms. The molecule has 0 atom stereocenters. The third kappa shape index (κ3) is 2.94. The third-order valence-corrected chi connectivity index (χ3v) is 1.52. The average Bonchev–Trinajstić information content (AvgIpc) is 2.07. The molecule has 1 aromatic carbocycles. The fourth-order valence-electron chi connectivity index (χ4n) is 0.929. The zero-order chi connectivity index (χ0) is 7.94. The Labute approximate surface area is 68.6 Å². The molecular weight excluding hydrogens is 132 g/mol. The molecule has 0 heteroatoms. The summed E-state index contributed by atoms with van der Waals surface area (Å²) in [6, 6.07) is 10.4. The second-order valence-electron chi connectivity index (χ2n) is 2.42. The molecule has 0 amide bonds. The van der Waals surface area contributed by atoms with Crippen molar-refractivity contribution in [3.8, 4) is 0 Å². The molecule has 0 N–H and O–H groups in total. The van der Waals surface area contributed by atoms with Crippen LogP contribution in [-0.4, -0.2) is 0 Å². The minimum Gasteiger partial charge on any atom is -0.0902 e. The lowest BCUT2D eigenvalue weighted by atomic mass is 10.1. The maximum absolute atomic E-state index is 2.21. The molecule has 56 valence electrons. The van der Waals surface area contributed by atoms with E-state index in [-0.39, 0.29) is 0 Å². The molecule has 0 aromatic heterocycles. The van der Waals surface area contributed by atoms with E-state index in [1.165, 1.54) is 5.56 Å². The largest absolute Gasteiger partial charge is 0.130 e. The number of allylic oxidation sites excluding steroid dienone is 2. The Morgan fingerprint density at radius 1 is 1.27 bits per heavy atom. The van der Waals surface area contributed by atoms with Gasteiger partial charge in [0.05, 0.1) is 0 Å². The summed E-state index contributed by atoms with van der Waals surface area (Å²) in [5.74, 6) is 0. The smallest absolute Gasteiger partial charge is 0.0902 e. The lowest BCUT2D eigenvalue weighted by molar-refractivity contribution is 1.24. The molecule has 1 rings (SSSR count). The third-order valence-electron chi connectivity index (χ3n) is 1.52. The van der Waals surface area contributed by atoms with Gasteiger partial charge in [0, 0.05) is 25.0 Å². The minimum atomic E-state index is 1.03. The number of hydrogen-bond acceptors (Lipinski definition) is 0. The highest BCUT2D eigenvalue weighted by atomic mass is 13.9. The SMILES string of the molecule is C/C=C\C[CH+]c1ccccc1. The van der Waals surface area contributed by atoms with Crippen LogP contribution in [0, 0.1) is 6.42 Å². The van der Waals surface area contributed by atoms with Crippen LogP contribution < -0.4 is 0 Å². The first-order valence-electron chi connectivity index (χ1n) is 3.93. The Morgan fingerprint density at radius 3 is 2.64 bits per heavy atom. The highest BCUT2D eigenvalue weighted by Crippen LogP contribution is 2.04. The summed E-state index contributed by atoms with van der Waals surface area (Å²) >= 11 is 0. The highest BCUT2D eigenvalue weighted by molar-refractivity contribution is 5.23. The normalized spacial score (nSPS) is 10.3. The standard InChI is InChI=1S/C11H13/c1-2-3-5-8-11-9-6-4-7-10-11/h2-4,6-10H,5H2,1H3/q+1/b3-2-. The van der Waals surface area contributed by atoms with E-state index < -0.39 is 0 Å². The van der Waals surface area contributed by atoms with Crippen LogP contribution in [0.1, 0.15) is 18.9 Å². The fourth-order valence-corrected chi connectivity index (χ4v) is 0.929. The van der Waals surface area contributed by atoms with Crippen molar-refractivity contribution >= 4 is 0 Å². The first-order valence-corrected chi connectivity index (χ1v) is 3.93. The maximum atomic E-state index is 2.21. The maximum Gasteiger partial charge on any atom is 0.130 e. The van der Waals surface area contributed by atoms with Gasteiger partial charge in [0.1, 0.15) is 5.56 Å². The quantitative estimate of drug-likeness (QED) is 0.452. The molecule has 0 heterocycles. The van der Waals surface area contributed by atoms with Crippen molar-refractivity contribution in [2.45, 2.75) is 13.3 Å². The predicted molar refractivity (Wildman–Crippen MR) is 49.3 cm³/mol. The van der Waals surface area contributed by atoms with Gasteiger partial charge >= 0.3 is 0 Å². The molecule has 0 unspecified atom stereocenters. The van der Waals surface area contributed by atoms with E-state index >= 15 is 0 Å². The van der Waals surface area contributed by atoms with Gasteiger partial charge in [0.25, 0.3) is 0 Å². The molecule has 0 fully saturated rings. The van der Waals surface area contributed by atoms with Gasteiger partial charge in [0.2, 0.25) is 0 Å². The summed E-state index contributed by atoms with van der Waals surface area (Å²) in [7, 11) is 0. The zero-order valence-electron chi connectivity index (χ0n) is 6.83. The van der Waals surface area contributed by atoms with Crippen molar-refractivity contribution < 1.29 is 0 Å². The van der Waals surface area contributed by atoms with Crippen LogP contribution >= 0.6 is 0 Å². The molecule has 0 aliphatic rings. The zero-order valence-corrected chi connectivity index (χ0v) is 6.83. The Kier molecular flexibility index (Phi) is 3.33. The van der Waals surface area contributed by atoms with E-state index in [1.807, 2.05) is 13.0 Å². The predicted octanol–water partition coefficient (Wildman–Crippen LogP) is 3.21. The molecule has 1 aromatic rings. The van der Waals surface area contributed by atoms with Crippen molar-refractivity contribution in [3.63, 3.8) is 0 Å². The van der Waals surface area contributed by atoms with Crippen LogP contribution in [0.15, 0.2) is 42.5 Å². The van der Waals surface area contributed by atoms with E-state index in [0.717, 1.165) is 6.42 Å². The molecule has 11 heavy (non-hydrogen) atoms. The van der Waals surface area contributed by atoms with Crippen molar-refractivity contribution in [2.24, 2.45) is 0 Å². The van der Waals surface area contributed by atoms with Crippen molar-refractivity contribution in [1.82, 2.24) is 0 Å². The van der Waals surface area contributed by atoms with Crippen LogP contribution in [-0.2, 0) is 0 Å². The first kappa shape index (κ1) is 7.93. The average molecular weight is 145 g/mol. The summed E-state index contributed by atoms with van der Waals surface area (Å²) in [6.07, 6.45) is 7.45. The summed E-state index contributed by atoms with van der Waals surface area (Å²) in [6.45, 7) is 2.04. The second kappa shape index (κ2) is 4.62. The Bertz CT molecular complexity index is 209. The van der Waals surface area contributed by atoms with E-state index in [4.69, 9.17) is 0 Å². The Hall–Kier alpha value is -1.17. The van der Waals surface area contributed by atoms with E-state index in [1.54, 1.807) is 0 Å². The lowest BCUT2D eigenvalue weighted by Gasteiger charge is -1.86. The number of benzene rings is 1. The second-order valence-corrected chi connectivity index (χ2v) is 2.42. The van der Waals surface area contributed by atoms with Gasteiger partial charge in [-0.1, -0.05) is 12.2 Å². The van der Waals surface area contributed by atoms with Gasteiger partial charge in [-0.3, -0.25) is 0 Å². The minimum absolute atomic E-state index is 1.03. The highest BCUT2D eigenvalue weighted by Gasteiger charge is 1.95. The molecular formula is C11H13+. The summed E-state index contributed by atoms with van der Waals surface area (Å²) in [4.78, 5) is 0.